The van der Waals surface area contributed by atoms with E-state index in [-0.39, 0.29) is 0 Å². The van der Waals surface area contributed by atoms with Crippen molar-refractivity contribution in [1.29, 1.82) is 0 Å². The molecule has 41 heavy (non-hydrogen) atoms. The van der Waals surface area contributed by atoms with Crippen molar-refractivity contribution in [2.24, 2.45) is 0 Å². The van der Waals surface area contributed by atoms with Crippen LogP contribution in [0.25, 0.3) is 0 Å². The van der Waals surface area contributed by atoms with E-state index in [1.165, 1.54) is 0 Å². The molecule has 0 aliphatic heterocycles. The van der Waals surface area contributed by atoms with Crippen LogP contribution in [0, 0.1) is 13.8 Å². The topological polar surface area (TPSA) is 120 Å². The molecule has 0 radical (unpaired) electrons. The summed E-state index contributed by atoms with van der Waals surface area (Å²) in [5.41, 5.74) is 0. The lowest BCUT2D eigenvalue weighted by Gasteiger charge is -2.09. The monoisotopic (exact) mass is 600 g/mol. The van der Waals surface area contributed by atoms with Crippen LogP contribution in [-0.4, -0.2) is 172 Å². The van der Waals surface area contributed by atoms with Gasteiger partial charge in [0.1, 0.15) is 0 Å². The minimum atomic E-state index is 0.460. The van der Waals surface area contributed by atoms with Crippen LogP contribution in [0.15, 0.2) is 0 Å². The lowest BCUT2D eigenvalue weighted by molar-refractivity contribution is -0.0287. The van der Waals surface area contributed by atoms with E-state index < -0.39 is 0 Å². The Morgan fingerprint density at radius 1 is 0.171 bits per heavy atom. The van der Waals surface area contributed by atoms with E-state index in [1.807, 2.05) is 0 Å². The van der Waals surface area contributed by atoms with E-state index >= 15 is 0 Å². The fraction of sp³-hybridized carbons (Fsp3) is 0.929. The Kier molecular flexibility index (Phi) is 39.0. The fourth-order valence-electron chi connectivity index (χ4n) is 2.74. The molecule has 0 bridgehead atoms. The molecule has 0 fully saturated rings. The number of rotatable bonds is 38. The third-order valence-corrected chi connectivity index (χ3v) is 4.75. The van der Waals surface area contributed by atoms with Gasteiger partial charge in [0.25, 0.3) is 0 Å². The van der Waals surface area contributed by atoms with Crippen LogP contribution in [0.4, 0.5) is 0 Å². The molecule has 0 aromatic rings. The summed E-state index contributed by atoms with van der Waals surface area (Å²) >= 11 is 0. The summed E-state index contributed by atoms with van der Waals surface area (Å²) in [5.74, 6) is 0. The summed E-state index contributed by atoms with van der Waals surface area (Å²) in [6.45, 7) is 20.7. The van der Waals surface area contributed by atoms with Gasteiger partial charge in [0.05, 0.1) is 159 Å². The van der Waals surface area contributed by atoms with Gasteiger partial charge in [-0.3, -0.25) is 0 Å². The molecule has 0 atom stereocenters. The van der Waals surface area contributed by atoms with Crippen LogP contribution in [0.3, 0.4) is 0 Å². The molecule has 0 saturated heterocycles. The standard InChI is InChI=1S/C28H56O13/c1-3-29-5-7-31-9-11-33-13-15-35-17-19-37-21-23-39-25-27-41-28-26-40-24-22-38-20-18-36-16-14-34-12-10-32-8-6-30-4-2/h1-28H2/q-2. The van der Waals surface area contributed by atoms with Gasteiger partial charge in [0.15, 0.2) is 0 Å². The minimum absolute atomic E-state index is 0.460. The van der Waals surface area contributed by atoms with Crippen molar-refractivity contribution in [2.75, 3.05) is 172 Å². The molecule has 0 aliphatic rings. The van der Waals surface area contributed by atoms with Gasteiger partial charge >= 0.3 is 0 Å². The van der Waals surface area contributed by atoms with Crippen LogP contribution < -0.4 is 0 Å². The van der Waals surface area contributed by atoms with E-state index in [1.54, 1.807) is 0 Å². The summed E-state index contributed by atoms with van der Waals surface area (Å²) in [5, 5.41) is 0. The first-order chi connectivity index (χ1) is 20.4. The lowest BCUT2D eigenvalue weighted by atomic mass is 10.6. The zero-order chi connectivity index (χ0) is 29.6. The predicted octanol–water partition coefficient (Wildman–Crippen LogP) is 0.870. The van der Waals surface area contributed by atoms with Gasteiger partial charge in [-0.2, -0.15) is 0 Å². The second-order valence-corrected chi connectivity index (χ2v) is 7.96. The highest BCUT2D eigenvalue weighted by Crippen LogP contribution is 1.87. The molecule has 0 aliphatic carbocycles. The molecule has 248 valence electrons. The van der Waals surface area contributed by atoms with Gasteiger partial charge < -0.3 is 75.4 Å². The molecular weight excluding hydrogens is 544 g/mol. The van der Waals surface area contributed by atoms with Crippen molar-refractivity contribution in [3.05, 3.63) is 13.8 Å². The van der Waals surface area contributed by atoms with E-state index in [9.17, 15) is 0 Å². The Morgan fingerprint density at radius 3 is 0.366 bits per heavy atom. The fourth-order valence-corrected chi connectivity index (χ4v) is 2.74. The highest BCUT2D eigenvalue weighted by molar-refractivity contribution is 4.39. The van der Waals surface area contributed by atoms with Crippen molar-refractivity contribution >= 4 is 0 Å². The average Bonchev–Trinajstić information content (AvgIpc) is 2.98. The van der Waals surface area contributed by atoms with Crippen molar-refractivity contribution < 1.29 is 61.6 Å². The summed E-state index contributed by atoms with van der Waals surface area (Å²) in [4.78, 5) is 0. The average molecular weight is 601 g/mol. The summed E-state index contributed by atoms with van der Waals surface area (Å²) in [6, 6.07) is 0. The maximum Gasteiger partial charge on any atom is 0.0701 e. The van der Waals surface area contributed by atoms with Crippen LogP contribution >= 0.6 is 0 Å². The SMILES string of the molecule is [CH2-]COCCOCCOCCOCCOCCOCCOCCOCCOCCOCCOCCOCCOC[CH2-]. The first-order valence-electron chi connectivity index (χ1n) is 14.5. The van der Waals surface area contributed by atoms with Crippen LogP contribution in [-0.2, 0) is 61.6 Å². The molecule has 0 aromatic heterocycles. The van der Waals surface area contributed by atoms with Crippen LogP contribution in [0.2, 0.25) is 0 Å². The maximum atomic E-state index is 5.46. The first kappa shape index (κ1) is 40.5. The van der Waals surface area contributed by atoms with Gasteiger partial charge in [0.2, 0.25) is 0 Å². The Hall–Kier alpha value is -0.520. The second kappa shape index (κ2) is 39.5. The minimum Gasteiger partial charge on any atom is -0.411 e. The van der Waals surface area contributed by atoms with Gasteiger partial charge in [-0.25, -0.2) is 0 Å². The highest BCUT2D eigenvalue weighted by atomic mass is 16.6. The van der Waals surface area contributed by atoms with Crippen molar-refractivity contribution in [3.8, 4) is 0 Å². The quantitative estimate of drug-likeness (QED) is 0.0737. The molecule has 0 unspecified atom stereocenters. The molecule has 0 N–H and O–H groups in total. The Balaban J connectivity index is 3.02. The third-order valence-electron chi connectivity index (χ3n) is 4.75. The lowest BCUT2D eigenvalue weighted by Crippen LogP contribution is -2.15. The maximum absolute atomic E-state index is 5.46. The Morgan fingerprint density at radius 2 is 0.268 bits per heavy atom. The van der Waals surface area contributed by atoms with Crippen LogP contribution in [0.5, 0.6) is 0 Å². The van der Waals surface area contributed by atoms with E-state index in [0.717, 1.165) is 0 Å². The van der Waals surface area contributed by atoms with E-state index in [2.05, 4.69) is 13.8 Å². The predicted molar refractivity (Wildman–Crippen MR) is 151 cm³/mol. The van der Waals surface area contributed by atoms with E-state index in [0.29, 0.717) is 172 Å². The Bertz CT molecular complexity index is 411. The third kappa shape index (κ3) is 39.5. The van der Waals surface area contributed by atoms with Crippen LogP contribution in [0.1, 0.15) is 0 Å². The van der Waals surface area contributed by atoms with Gasteiger partial charge in [-0.1, -0.05) is 13.2 Å². The number of hydrogen-bond donors (Lipinski definition) is 0. The molecule has 0 amide bonds. The molecule has 13 nitrogen and oxygen atoms in total. The Labute approximate surface area is 247 Å². The molecule has 0 spiro atoms. The highest BCUT2D eigenvalue weighted by Gasteiger charge is 1.96. The number of hydrogen-bond acceptors (Lipinski definition) is 13. The molecule has 0 heterocycles. The summed E-state index contributed by atoms with van der Waals surface area (Å²) in [6.07, 6.45) is 0. The van der Waals surface area contributed by atoms with Gasteiger partial charge in [-0.15, -0.1) is 0 Å². The number of ether oxygens (including phenoxy) is 13. The zero-order valence-corrected chi connectivity index (χ0v) is 25.1. The van der Waals surface area contributed by atoms with Gasteiger partial charge in [0, 0.05) is 0 Å². The smallest absolute Gasteiger partial charge is 0.0701 e. The summed E-state index contributed by atoms with van der Waals surface area (Å²) < 4.78 is 69.8. The normalized spacial score (nSPS) is 11.6. The van der Waals surface area contributed by atoms with E-state index in [4.69, 9.17) is 61.6 Å². The largest absolute Gasteiger partial charge is 0.411 e. The zero-order valence-electron chi connectivity index (χ0n) is 25.1. The first-order valence-corrected chi connectivity index (χ1v) is 14.5. The molecule has 0 rings (SSSR count). The van der Waals surface area contributed by atoms with Gasteiger partial charge in [-0.05, 0) is 0 Å². The second-order valence-electron chi connectivity index (χ2n) is 7.96. The molecule has 0 saturated carbocycles. The van der Waals surface area contributed by atoms with Crippen molar-refractivity contribution in [1.82, 2.24) is 0 Å². The summed E-state index contributed by atoms with van der Waals surface area (Å²) in [7, 11) is 0. The van der Waals surface area contributed by atoms with Crippen molar-refractivity contribution in [2.45, 2.75) is 0 Å². The molecule has 0 aromatic carbocycles. The van der Waals surface area contributed by atoms with Crippen molar-refractivity contribution in [3.63, 3.8) is 0 Å². The molecular formula is C28H56O13-2. The molecule has 13 heteroatoms.